The summed E-state index contributed by atoms with van der Waals surface area (Å²) in [7, 11) is 0. The maximum Gasteiger partial charge on any atom is 0.0641 e. The molecule has 0 saturated carbocycles. The van der Waals surface area contributed by atoms with Gasteiger partial charge in [0.2, 0.25) is 0 Å². The molecular formula is C7H17NOS. The van der Waals surface area contributed by atoms with Crippen LogP contribution in [0.4, 0.5) is 0 Å². The van der Waals surface area contributed by atoms with E-state index in [1.54, 1.807) is 11.8 Å². The SMILES string of the molecule is CSCCOCC(C)(C)N. The third kappa shape index (κ3) is 8.27. The van der Waals surface area contributed by atoms with Crippen LogP contribution in [-0.4, -0.2) is 30.8 Å². The molecule has 3 heteroatoms. The van der Waals surface area contributed by atoms with Gasteiger partial charge in [0.1, 0.15) is 0 Å². The highest BCUT2D eigenvalue weighted by atomic mass is 32.2. The number of nitrogens with two attached hydrogens (primary N) is 1. The largest absolute Gasteiger partial charge is 0.379 e. The summed E-state index contributed by atoms with van der Waals surface area (Å²) < 4.78 is 5.29. The molecule has 0 aliphatic rings. The van der Waals surface area contributed by atoms with Gasteiger partial charge in [-0.15, -0.1) is 0 Å². The molecular weight excluding hydrogens is 146 g/mol. The van der Waals surface area contributed by atoms with Gasteiger partial charge >= 0.3 is 0 Å². The second-order valence-corrected chi connectivity index (χ2v) is 4.02. The molecule has 2 N–H and O–H groups in total. The second kappa shape index (κ2) is 4.99. The number of thioether (sulfide) groups is 1. The topological polar surface area (TPSA) is 35.2 Å². The Morgan fingerprint density at radius 1 is 1.50 bits per heavy atom. The summed E-state index contributed by atoms with van der Waals surface area (Å²) in [6.07, 6.45) is 2.07. The van der Waals surface area contributed by atoms with E-state index in [0.717, 1.165) is 12.4 Å². The van der Waals surface area contributed by atoms with Crippen molar-refractivity contribution in [3.8, 4) is 0 Å². The lowest BCUT2D eigenvalue weighted by molar-refractivity contribution is 0.110. The lowest BCUT2D eigenvalue weighted by Gasteiger charge is -2.17. The molecule has 0 amide bonds. The van der Waals surface area contributed by atoms with Gasteiger partial charge in [-0.1, -0.05) is 0 Å². The van der Waals surface area contributed by atoms with E-state index in [1.807, 2.05) is 13.8 Å². The fraction of sp³-hybridized carbons (Fsp3) is 1.00. The Kier molecular flexibility index (Phi) is 5.13. The van der Waals surface area contributed by atoms with Crippen LogP contribution in [0.3, 0.4) is 0 Å². The third-order valence-corrected chi connectivity index (χ3v) is 1.48. The monoisotopic (exact) mass is 163 g/mol. The maximum absolute atomic E-state index is 5.69. The molecule has 0 aliphatic carbocycles. The first kappa shape index (κ1) is 10.3. The summed E-state index contributed by atoms with van der Waals surface area (Å²) >= 11 is 1.79. The van der Waals surface area contributed by atoms with Gasteiger partial charge in [-0.2, -0.15) is 11.8 Å². The van der Waals surface area contributed by atoms with Crippen LogP contribution in [-0.2, 0) is 4.74 Å². The van der Waals surface area contributed by atoms with Crippen molar-refractivity contribution in [2.45, 2.75) is 19.4 Å². The Morgan fingerprint density at radius 2 is 2.10 bits per heavy atom. The molecule has 2 nitrogen and oxygen atoms in total. The fourth-order valence-electron chi connectivity index (χ4n) is 0.477. The Morgan fingerprint density at radius 3 is 2.50 bits per heavy atom. The van der Waals surface area contributed by atoms with Gasteiger partial charge in [0.15, 0.2) is 0 Å². The van der Waals surface area contributed by atoms with E-state index in [1.165, 1.54) is 0 Å². The highest BCUT2D eigenvalue weighted by Gasteiger charge is 2.09. The summed E-state index contributed by atoms with van der Waals surface area (Å²) in [4.78, 5) is 0. The number of ether oxygens (including phenoxy) is 1. The van der Waals surface area contributed by atoms with Gasteiger partial charge < -0.3 is 10.5 Å². The van der Waals surface area contributed by atoms with Crippen LogP contribution >= 0.6 is 11.8 Å². The average molecular weight is 163 g/mol. The van der Waals surface area contributed by atoms with Gasteiger partial charge in [-0.25, -0.2) is 0 Å². The lowest BCUT2D eigenvalue weighted by atomic mass is 10.1. The molecule has 0 atom stereocenters. The van der Waals surface area contributed by atoms with Gasteiger partial charge in [0, 0.05) is 11.3 Å². The quantitative estimate of drug-likeness (QED) is 0.616. The van der Waals surface area contributed by atoms with Crippen LogP contribution in [0.5, 0.6) is 0 Å². The molecule has 0 spiro atoms. The predicted molar refractivity (Wildman–Crippen MR) is 47.5 cm³/mol. The smallest absolute Gasteiger partial charge is 0.0641 e. The average Bonchev–Trinajstić information content (AvgIpc) is 1.78. The first-order valence-corrected chi connectivity index (χ1v) is 4.81. The van der Waals surface area contributed by atoms with Crippen LogP contribution in [0.15, 0.2) is 0 Å². The number of hydrogen-bond acceptors (Lipinski definition) is 3. The highest BCUT2D eigenvalue weighted by Crippen LogP contribution is 1.98. The molecule has 0 aromatic heterocycles. The van der Waals surface area contributed by atoms with E-state index in [9.17, 15) is 0 Å². The van der Waals surface area contributed by atoms with Crippen LogP contribution in [0, 0.1) is 0 Å². The summed E-state index contributed by atoms with van der Waals surface area (Å²) in [6.45, 7) is 5.38. The van der Waals surface area contributed by atoms with E-state index in [2.05, 4.69) is 6.26 Å². The van der Waals surface area contributed by atoms with Crippen LogP contribution < -0.4 is 5.73 Å². The zero-order valence-electron chi connectivity index (χ0n) is 7.02. The summed E-state index contributed by atoms with van der Waals surface area (Å²) in [6, 6.07) is 0. The van der Waals surface area contributed by atoms with E-state index in [-0.39, 0.29) is 5.54 Å². The van der Waals surface area contributed by atoms with Crippen molar-refractivity contribution in [3.05, 3.63) is 0 Å². The number of rotatable bonds is 5. The Labute approximate surface area is 67.5 Å². The summed E-state index contributed by atoms with van der Waals surface area (Å²) in [5, 5.41) is 0. The Hall–Kier alpha value is 0.270. The minimum absolute atomic E-state index is 0.182. The van der Waals surface area contributed by atoms with Crippen molar-refractivity contribution in [1.82, 2.24) is 0 Å². The molecule has 62 valence electrons. The van der Waals surface area contributed by atoms with E-state index in [0.29, 0.717) is 6.61 Å². The predicted octanol–water partition coefficient (Wildman–Crippen LogP) is 1.10. The minimum atomic E-state index is -0.182. The van der Waals surface area contributed by atoms with Crippen LogP contribution in [0.25, 0.3) is 0 Å². The minimum Gasteiger partial charge on any atom is -0.379 e. The summed E-state index contributed by atoms with van der Waals surface area (Å²) in [5.74, 6) is 1.05. The Balaban J connectivity index is 3.04. The highest BCUT2D eigenvalue weighted by molar-refractivity contribution is 7.98. The molecule has 0 unspecified atom stereocenters. The lowest BCUT2D eigenvalue weighted by Crippen LogP contribution is -2.37. The zero-order valence-corrected chi connectivity index (χ0v) is 7.83. The maximum atomic E-state index is 5.69. The molecule has 0 heterocycles. The summed E-state index contributed by atoms with van der Waals surface area (Å²) in [5.41, 5.74) is 5.50. The molecule has 10 heavy (non-hydrogen) atoms. The van der Waals surface area contributed by atoms with Gasteiger partial charge in [-0.3, -0.25) is 0 Å². The van der Waals surface area contributed by atoms with Crippen molar-refractivity contribution >= 4 is 11.8 Å². The number of hydrogen-bond donors (Lipinski definition) is 1. The second-order valence-electron chi connectivity index (χ2n) is 3.03. The first-order valence-electron chi connectivity index (χ1n) is 3.42. The fourth-order valence-corrected chi connectivity index (χ4v) is 0.762. The first-order chi connectivity index (χ1) is 4.56. The van der Waals surface area contributed by atoms with E-state index < -0.39 is 0 Å². The molecule has 0 rings (SSSR count). The molecule has 0 aromatic carbocycles. The third-order valence-electron chi connectivity index (χ3n) is 0.906. The zero-order chi connectivity index (χ0) is 8.04. The Bertz CT molecular complexity index is 80.2. The van der Waals surface area contributed by atoms with Crippen molar-refractivity contribution in [3.63, 3.8) is 0 Å². The van der Waals surface area contributed by atoms with Crippen molar-refractivity contribution < 1.29 is 4.74 Å². The van der Waals surface area contributed by atoms with Gasteiger partial charge in [0.25, 0.3) is 0 Å². The van der Waals surface area contributed by atoms with Crippen molar-refractivity contribution in [2.75, 3.05) is 25.2 Å². The molecule has 0 saturated heterocycles. The van der Waals surface area contributed by atoms with Gasteiger partial charge in [-0.05, 0) is 20.1 Å². The van der Waals surface area contributed by atoms with Crippen LogP contribution in [0.1, 0.15) is 13.8 Å². The van der Waals surface area contributed by atoms with Crippen molar-refractivity contribution in [1.29, 1.82) is 0 Å². The normalized spacial score (nSPS) is 12.0. The molecule has 0 aliphatic heterocycles. The van der Waals surface area contributed by atoms with Crippen molar-refractivity contribution in [2.24, 2.45) is 5.73 Å². The molecule has 0 aromatic rings. The molecule has 0 bridgehead atoms. The standard InChI is InChI=1S/C7H17NOS/c1-7(2,8)6-9-4-5-10-3/h4-6,8H2,1-3H3. The van der Waals surface area contributed by atoms with Gasteiger partial charge in [0.05, 0.1) is 13.2 Å². The van der Waals surface area contributed by atoms with Crippen LogP contribution in [0.2, 0.25) is 0 Å². The van der Waals surface area contributed by atoms with E-state index in [4.69, 9.17) is 10.5 Å². The molecule has 0 fully saturated rings. The molecule has 0 radical (unpaired) electrons. The van der Waals surface area contributed by atoms with E-state index >= 15 is 0 Å².